The van der Waals surface area contributed by atoms with E-state index < -0.39 is 0 Å². The topological polar surface area (TPSA) is 58.3 Å². The maximum atomic E-state index is 8.97. The van der Waals surface area contributed by atoms with Crippen LogP contribution in [-0.2, 0) is 6.54 Å². The molecule has 0 bridgehead atoms. The number of aryl methyl sites for hydroxylation is 2. The number of oxazole rings is 1. The molecule has 0 spiro atoms. The van der Waals surface area contributed by atoms with Gasteiger partial charge in [-0.1, -0.05) is 6.92 Å². The second-order valence-electron chi connectivity index (χ2n) is 4.08. The Labute approximate surface area is 90.7 Å². The van der Waals surface area contributed by atoms with Crippen molar-refractivity contribution >= 4 is 0 Å². The summed E-state index contributed by atoms with van der Waals surface area (Å²) >= 11 is 0. The molecule has 2 N–H and O–H groups in total. The van der Waals surface area contributed by atoms with Crippen molar-refractivity contribution in [2.45, 2.75) is 40.3 Å². The second kappa shape index (κ2) is 5.28. The van der Waals surface area contributed by atoms with Gasteiger partial charge >= 0.3 is 0 Å². The molecule has 1 aromatic rings. The number of aromatic nitrogens is 1. The maximum Gasteiger partial charge on any atom is 0.208 e. The molecule has 0 amide bonds. The van der Waals surface area contributed by atoms with Gasteiger partial charge in [0.25, 0.3) is 0 Å². The number of nitrogens with zero attached hydrogens (tertiary/aromatic N) is 1. The van der Waals surface area contributed by atoms with E-state index in [4.69, 9.17) is 9.52 Å². The van der Waals surface area contributed by atoms with Crippen LogP contribution in [-0.4, -0.2) is 22.7 Å². The predicted molar refractivity (Wildman–Crippen MR) is 58.5 cm³/mol. The van der Waals surface area contributed by atoms with Gasteiger partial charge in [-0.2, -0.15) is 0 Å². The molecule has 4 heteroatoms. The van der Waals surface area contributed by atoms with E-state index in [0.29, 0.717) is 12.4 Å². The van der Waals surface area contributed by atoms with Crippen molar-refractivity contribution in [2.75, 3.05) is 6.61 Å². The highest BCUT2D eigenvalue weighted by atomic mass is 16.4. The first-order valence-electron chi connectivity index (χ1n) is 5.31. The first-order chi connectivity index (χ1) is 7.04. The Bertz CT molecular complexity index is 290. The minimum atomic E-state index is 0.192. The fourth-order valence-corrected chi connectivity index (χ4v) is 1.22. The monoisotopic (exact) mass is 212 g/mol. The Morgan fingerprint density at radius 1 is 1.40 bits per heavy atom. The Morgan fingerprint density at radius 2 is 2.07 bits per heavy atom. The van der Waals surface area contributed by atoms with Crippen molar-refractivity contribution in [3.63, 3.8) is 0 Å². The van der Waals surface area contributed by atoms with Gasteiger partial charge in [0.15, 0.2) is 0 Å². The molecule has 2 unspecified atom stereocenters. The van der Waals surface area contributed by atoms with Gasteiger partial charge in [0.05, 0.1) is 12.2 Å². The molecule has 1 rings (SSSR count). The number of aliphatic hydroxyl groups excluding tert-OH is 1. The molecular weight excluding hydrogens is 192 g/mol. The van der Waals surface area contributed by atoms with E-state index in [1.165, 1.54) is 0 Å². The van der Waals surface area contributed by atoms with Crippen LogP contribution in [0.1, 0.15) is 31.2 Å². The Hall–Kier alpha value is -0.870. The van der Waals surface area contributed by atoms with E-state index in [1.54, 1.807) is 0 Å². The van der Waals surface area contributed by atoms with E-state index in [9.17, 15) is 0 Å². The summed E-state index contributed by atoms with van der Waals surface area (Å²) in [6.07, 6.45) is 0. The number of hydrogen-bond donors (Lipinski definition) is 2. The SMILES string of the molecule is Cc1nc(CNC(C)C(C)CO)oc1C. The van der Waals surface area contributed by atoms with Gasteiger partial charge in [0.1, 0.15) is 5.76 Å². The van der Waals surface area contributed by atoms with Gasteiger partial charge in [-0.25, -0.2) is 4.98 Å². The third-order valence-corrected chi connectivity index (χ3v) is 2.79. The average molecular weight is 212 g/mol. The lowest BCUT2D eigenvalue weighted by Crippen LogP contribution is -2.33. The van der Waals surface area contributed by atoms with Crippen LogP contribution < -0.4 is 5.32 Å². The third-order valence-electron chi connectivity index (χ3n) is 2.79. The van der Waals surface area contributed by atoms with E-state index in [-0.39, 0.29) is 18.6 Å². The fraction of sp³-hybridized carbons (Fsp3) is 0.727. The summed E-state index contributed by atoms with van der Waals surface area (Å²) in [6.45, 7) is 8.69. The number of rotatable bonds is 5. The van der Waals surface area contributed by atoms with Gasteiger partial charge in [-0.3, -0.25) is 0 Å². The van der Waals surface area contributed by atoms with Gasteiger partial charge in [0, 0.05) is 12.6 Å². The minimum Gasteiger partial charge on any atom is -0.444 e. The van der Waals surface area contributed by atoms with Gasteiger partial charge in [-0.15, -0.1) is 0 Å². The molecule has 0 radical (unpaired) electrons. The number of aliphatic hydroxyl groups is 1. The van der Waals surface area contributed by atoms with E-state index in [2.05, 4.69) is 10.3 Å². The summed E-state index contributed by atoms with van der Waals surface area (Å²) in [6, 6.07) is 0.252. The summed E-state index contributed by atoms with van der Waals surface area (Å²) in [5.74, 6) is 1.82. The van der Waals surface area contributed by atoms with E-state index >= 15 is 0 Å². The quantitative estimate of drug-likeness (QED) is 0.774. The van der Waals surface area contributed by atoms with Crippen molar-refractivity contribution in [3.05, 3.63) is 17.3 Å². The van der Waals surface area contributed by atoms with Crippen LogP contribution in [0.25, 0.3) is 0 Å². The van der Waals surface area contributed by atoms with Crippen LogP contribution in [0.4, 0.5) is 0 Å². The molecular formula is C11H20N2O2. The van der Waals surface area contributed by atoms with Crippen LogP contribution in [0, 0.1) is 19.8 Å². The summed E-state index contributed by atoms with van der Waals surface area (Å²) in [4.78, 5) is 4.28. The Morgan fingerprint density at radius 3 is 2.53 bits per heavy atom. The highest BCUT2D eigenvalue weighted by Gasteiger charge is 2.12. The van der Waals surface area contributed by atoms with Crippen LogP contribution in [0.3, 0.4) is 0 Å². The first-order valence-corrected chi connectivity index (χ1v) is 5.31. The molecule has 4 nitrogen and oxygen atoms in total. The van der Waals surface area contributed by atoms with Crippen molar-refractivity contribution in [1.29, 1.82) is 0 Å². The molecule has 0 aliphatic rings. The lowest BCUT2D eigenvalue weighted by Gasteiger charge is -2.17. The zero-order chi connectivity index (χ0) is 11.4. The molecule has 0 aliphatic carbocycles. The normalized spacial score (nSPS) is 15.3. The second-order valence-corrected chi connectivity index (χ2v) is 4.08. The van der Waals surface area contributed by atoms with Gasteiger partial charge in [0.2, 0.25) is 5.89 Å². The largest absolute Gasteiger partial charge is 0.444 e. The average Bonchev–Trinajstić information content (AvgIpc) is 2.54. The number of nitrogens with one attached hydrogen (secondary N) is 1. The standard InChI is InChI=1S/C11H20N2O2/c1-7(6-14)8(2)12-5-11-13-9(3)10(4)15-11/h7-8,12,14H,5-6H2,1-4H3. The summed E-state index contributed by atoms with van der Waals surface area (Å²) in [5, 5.41) is 12.2. The smallest absolute Gasteiger partial charge is 0.208 e. The van der Waals surface area contributed by atoms with Crippen LogP contribution in [0.2, 0.25) is 0 Å². The summed E-state index contributed by atoms with van der Waals surface area (Å²) < 4.78 is 5.44. The molecule has 0 saturated heterocycles. The fourth-order valence-electron chi connectivity index (χ4n) is 1.22. The van der Waals surface area contributed by atoms with E-state index in [1.807, 2.05) is 27.7 Å². The molecule has 0 saturated carbocycles. The van der Waals surface area contributed by atoms with Crippen LogP contribution in [0.15, 0.2) is 4.42 Å². The van der Waals surface area contributed by atoms with Crippen LogP contribution >= 0.6 is 0 Å². The Balaban J connectivity index is 2.43. The minimum absolute atomic E-state index is 0.192. The molecule has 15 heavy (non-hydrogen) atoms. The van der Waals surface area contributed by atoms with Gasteiger partial charge in [-0.05, 0) is 26.7 Å². The van der Waals surface area contributed by atoms with Crippen molar-refractivity contribution in [1.82, 2.24) is 10.3 Å². The first kappa shape index (κ1) is 12.2. The Kier molecular flexibility index (Phi) is 4.29. The van der Waals surface area contributed by atoms with Crippen molar-refractivity contribution < 1.29 is 9.52 Å². The van der Waals surface area contributed by atoms with Crippen molar-refractivity contribution in [3.8, 4) is 0 Å². The van der Waals surface area contributed by atoms with Gasteiger partial charge < -0.3 is 14.8 Å². The molecule has 2 atom stereocenters. The van der Waals surface area contributed by atoms with Crippen molar-refractivity contribution in [2.24, 2.45) is 5.92 Å². The lowest BCUT2D eigenvalue weighted by molar-refractivity contribution is 0.205. The summed E-state index contributed by atoms with van der Waals surface area (Å²) in [5.41, 5.74) is 0.939. The molecule has 86 valence electrons. The molecule has 0 aliphatic heterocycles. The molecule has 0 aromatic carbocycles. The van der Waals surface area contributed by atoms with E-state index in [0.717, 1.165) is 11.5 Å². The van der Waals surface area contributed by atoms with Crippen LogP contribution in [0.5, 0.6) is 0 Å². The molecule has 1 heterocycles. The molecule has 0 fully saturated rings. The zero-order valence-electron chi connectivity index (χ0n) is 9.87. The highest BCUT2D eigenvalue weighted by Crippen LogP contribution is 2.09. The summed E-state index contributed by atoms with van der Waals surface area (Å²) in [7, 11) is 0. The maximum absolute atomic E-state index is 8.97. The molecule has 1 aromatic heterocycles. The lowest BCUT2D eigenvalue weighted by atomic mass is 10.1. The highest BCUT2D eigenvalue weighted by molar-refractivity contribution is 5.05. The predicted octanol–water partition coefficient (Wildman–Crippen LogP) is 1.40. The number of hydrogen-bond acceptors (Lipinski definition) is 4. The zero-order valence-corrected chi connectivity index (χ0v) is 9.87. The third kappa shape index (κ3) is 3.32.